The molecule has 1 saturated carbocycles. The van der Waals surface area contributed by atoms with Crippen molar-refractivity contribution < 1.29 is 13.2 Å². The van der Waals surface area contributed by atoms with Crippen molar-refractivity contribution >= 4 is 0 Å². The number of nitrogens with two attached hydrogens (primary N) is 1. The second kappa shape index (κ2) is 5.31. The average molecular weight is 257 g/mol. The van der Waals surface area contributed by atoms with Crippen LogP contribution in [0.1, 0.15) is 31.2 Å². The van der Waals surface area contributed by atoms with Gasteiger partial charge in [-0.2, -0.15) is 0 Å². The smallest absolute Gasteiger partial charge is 0.248 e. The van der Waals surface area contributed by atoms with Crippen LogP contribution in [-0.2, 0) is 6.42 Å². The molecule has 0 spiro atoms. The first kappa shape index (κ1) is 13.4. The van der Waals surface area contributed by atoms with E-state index in [2.05, 4.69) is 0 Å². The van der Waals surface area contributed by atoms with Crippen LogP contribution < -0.4 is 5.73 Å². The van der Waals surface area contributed by atoms with Crippen molar-refractivity contribution in [3.63, 3.8) is 0 Å². The lowest BCUT2D eigenvalue weighted by Gasteiger charge is -2.32. The summed E-state index contributed by atoms with van der Waals surface area (Å²) in [7, 11) is 0. The topological polar surface area (TPSA) is 26.0 Å². The zero-order chi connectivity index (χ0) is 13.2. The van der Waals surface area contributed by atoms with Gasteiger partial charge in [0.25, 0.3) is 0 Å². The number of hydrogen-bond acceptors (Lipinski definition) is 1. The Labute approximate surface area is 105 Å². The predicted octanol–water partition coefficient (Wildman–Crippen LogP) is 3.52. The molecule has 18 heavy (non-hydrogen) atoms. The summed E-state index contributed by atoms with van der Waals surface area (Å²) in [6.07, 6.45) is 1.10. The molecule has 0 heterocycles. The van der Waals surface area contributed by atoms with Crippen LogP contribution >= 0.6 is 0 Å². The minimum Gasteiger partial charge on any atom is -0.327 e. The molecule has 2 N–H and O–H groups in total. The highest BCUT2D eigenvalue weighted by atomic mass is 19.3. The molecule has 2 rings (SSSR count). The fourth-order valence-electron chi connectivity index (χ4n) is 2.58. The molecule has 1 unspecified atom stereocenters. The van der Waals surface area contributed by atoms with E-state index in [0.717, 1.165) is 0 Å². The van der Waals surface area contributed by atoms with Crippen molar-refractivity contribution in [3.8, 4) is 0 Å². The van der Waals surface area contributed by atoms with Gasteiger partial charge in [0, 0.05) is 18.9 Å². The van der Waals surface area contributed by atoms with Crippen LogP contribution in [0.3, 0.4) is 0 Å². The molecule has 0 aliphatic heterocycles. The molecule has 1 aliphatic carbocycles. The summed E-state index contributed by atoms with van der Waals surface area (Å²) in [5.41, 5.74) is 6.60. The summed E-state index contributed by atoms with van der Waals surface area (Å²) in [5.74, 6) is -2.73. The second-order valence-corrected chi connectivity index (χ2v) is 5.15. The highest BCUT2D eigenvalue weighted by Crippen LogP contribution is 2.37. The largest absolute Gasteiger partial charge is 0.327 e. The molecule has 0 amide bonds. The zero-order valence-electron chi connectivity index (χ0n) is 10.2. The normalized spacial score (nSPS) is 21.8. The maximum atomic E-state index is 13.5. The Hall–Kier alpha value is -1.03. The van der Waals surface area contributed by atoms with E-state index in [-0.39, 0.29) is 30.6 Å². The van der Waals surface area contributed by atoms with Gasteiger partial charge >= 0.3 is 0 Å². The minimum absolute atomic E-state index is 0.0734. The number of rotatable bonds is 3. The third kappa shape index (κ3) is 3.25. The molecule has 1 aromatic rings. The first-order valence-electron chi connectivity index (χ1n) is 6.35. The summed E-state index contributed by atoms with van der Waals surface area (Å²) >= 11 is 0. The molecule has 1 aromatic carbocycles. The summed E-state index contributed by atoms with van der Waals surface area (Å²) in [6.45, 7) is 0. The molecule has 0 radical (unpaired) electrons. The fourth-order valence-corrected chi connectivity index (χ4v) is 2.58. The lowest BCUT2D eigenvalue weighted by molar-refractivity contribution is -0.0481. The van der Waals surface area contributed by atoms with E-state index in [1.54, 1.807) is 18.2 Å². The summed E-state index contributed by atoms with van der Waals surface area (Å²) in [6, 6.07) is 6.26. The summed E-state index contributed by atoms with van der Waals surface area (Å²) < 4.78 is 39.5. The highest BCUT2D eigenvalue weighted by Gasteiger charge is 2.36. The van der Waals surface area contributed by atoms with Gasteiger partial charge in [-0.3, -0.25) is 0 Å². The van der Waals surface area contributed by atoms with Crippen LogP contribution in [0.25, 0.3) is 0 Å². The molecule has 1 aliphatic rings. The highest BCUT2D eigenvalue weighted by molar-refractivity contribution is 5.18. The van der Waals surface area contributed by atoms with Crippen LogP contribution in [-0.4, -0.2) is 12.0 Å². The average Bonchev–Trinajstić information content (AvgIpc) is 2.32. The summed E-state index contributed by atoms with van der Waals surface area (Å²) in [4.78, 5) is 0. The molecular formula is C14H18F3N. The van der Waals surface area contributed by atoms with Crippen LogP contribution in [0.5, 0.6) is 0 Å². The van der Waals surface area contributed by atoms with Crippen LogP contribution in [0.15, 0.2) is 24.3 Å². The van der Waals surface area contributed by atoms with Crippen LogP contribution in [0, 0.1) is 11.7 Å². The Morgan fingerprint density at radius 2 is 1.83 bits per heavy atom. The van der Waals surface area contributed by atoms with Crippen LogP contribution in [0.2, 0.25) is 0 Å². The quantitative estimate of drug-likeness (QED) is 0.881. The summed E-state index contributed by atoms with van der Waals surface area (Å²) in [5, 5.41) is 0. The molecule has 0 bridgehead atoms. The van der Waals surface area contributed by atoms with E-state index >= 15 is 0 Å². The van der Waals surface area contributed by atoms with Crippen molar-refractivity contribution in [1.82, 2.24) is 0 Å². The third-order valence-electron chi connectivity index (χ3n) is 3.78. The molecule has 1 fully saturated rings. The van der Waals surface area contributed by atoms with Crippen LogP contribution in [0.4, 0.5) is 13.2 Å². The maximum absolute atomic E-state index is 13.5. The van der Waals surface area contributed by atoms with Gasteiger partial charge in [-0.15, -0.1) is 0 Å². The number of benzene rings is 1. The van der Waals surface area contributed by atoms with Crippen molar-refractivity contribution in [2.45, 2.75) is 44.1 Å². The number of alkyl halides is 2. The van der Waals surface area contributed by atoms with Crippen molar-refractivity contribution in [1.29, 1.82) is 0 Å². The van der Waals surface area contributed by atoms with Gasteiger partial charge in [-0.05, 0) is 36.8 Å². The van der Waals surface area contributed by atoms with Gasteiger partial charge < -0.3 is 5.73 Å². The SMILES string of the molecule is NC(Cc1ccccc1F)C1CCC(F)(F)CC1. The molecule has 0 aromatic heterocycles. The van der Waals surface area contributed by atoms with Gasteiger partial charge in [-0.1, -0.05) is 18.2 Å². The first-order chi connectivity index (χ1) is 8.48. The van der Waals surface area contributed by atoms with E-state index in [9.17, 15) is 13.2 Å². The molecule has 0 saturated heterocycles. The molecule has 1 atom stereocenters. The Bertz CT molecular complexity index is 396. The monoisotopic (exact) mass is 257 g/mol. The third-order valence-corrected chi connectivity index (χ3v) is 3.78. The zero-order valence-corrected chi connectivity index (χ0v) is 10.2. The minimum atomic E-state index is -2.53. The van der Waals surface area contributed by atoms with Gasteiger partial charge in [0.05, 0.1) is 0 Å². The van der Waals surface area contributed by atoms with E-state index in [0.29, 0.717) is 24.8 Å². The lowest BCUT2D eigenvalue weighted by atomic mass is 9.80. The van der Waals surface area contributed by atoms with E-state index < -0.39 is 5.92 Å². The predicted molar refractivity (Wildman–Crippen MR) is 65.0 cm³/mol. The maximum Gasteiger partial charge on any atom is 0.248 e. The Morgan fingerprint density at radius 3 is 2.44 bits per heavy atom. The molecule has 1 nitrogen and oxygen atoms in total. The Kier molecular flexibility index (Phi) is 3.95. The second-order valence-electron chi connectivity index (χ2n) is 5.15. The van der Waals surface area contributed by atoms with Gasteiger partial charge in [0.1, 0.15) is 5.82 Å². The van der Waals surface area contributed by atoms with Gasteiger partial charge in [0.2, 0.25) is 5.92 Å². The number of halogens is 3. The Morgan fingerprint density at radius 1 is 1.22 bits per heavy atom. The molecule has 100 valence electrons. The van der Waals surface area contributed by atoms with E-state index in [4.69, 9.17) is 5.73 Å². The molecular weight excluding hydrogens is 239 g/mol. The van der Waals surface area contributed by atoms with Crippen molar-refractivity contribution in [3.05, 3.63) is 35.6 Å². The van der Waals surface area contributed by atoms with E-state index in [1.807, 2.05) is 0 Å². The fraction of sp³-hybridized carbons (Fsp3) is 0.571. The standard InChI is InChI=1S/C14H18F3N/c15-12-4-2-1-3-11(12)9-13(18)10-5-7-14(16,17)8-6-10/h1-4,10,13H,5-9,18H2. The van der Waals surface area contributed by atoms with Gasteiger partial charge in [0.15, 0.2) is 0 Å². The van der Waals surface area contributed by atoms with E-state index in [1.165, 1.54) is 6.07 Å². The first-order valence-corrected chi connectivity index (χ1v) is 6.35. The van der Waals surface area contributed by atoms with Gasteiger partial charge in [-0.25, -0.2) is 13.2 Å². The van der Waals surface area contributed by atoms with Crippen molar-refractivity contribution in [2.24, 2.45) is 11.7 Å². The lowest BCUT2D eigenvalue weighted by Crippen LogP contribution is -2.37. The van der Waals surface area contributed by atoms with Crippen molar-refractivity contribution in [2.75, 3.05) is 0 Å². The number of hydrogen-bond donors (Lipinski definition) is 1. The Balaban J connectivity index is 1.93. The molecule has 4 heteroatoms.